The van der Waals surface area contributed by atoms with Crippen molar-refractivity contribution < 1.29 is 9.53 Å². The Morgan fingerprint density at radius 3 is 2.62 bits per heavy atom. The van der Waals surface area contributed by atoms with E-state index in [0.29, 0.717) is 24.5 Å². The van der Waals surface area contributed by atoms with Crippen LogP contribution >= 0.6 is 0 Å². The average molecular weight is 221 g/mol. The Kier molecular flexibility index (Phi) is 2.96. The Bertz CT molecular complexity index is 400. The van der Waals surface area contributed by atoms with E-state index >= 15 is 0 Å². The van der Waals surface area contributed by atoms with Crippen LogP contribution in [0.25, 0.3) is 0 Å². The van der Waals surface area contributed by atoms with Crippen molar-refractivity contribution in [2.45, 2.75) is 0 Å². The van der Waals surface area contributed by atoms with E-state index in [1.807, 2.05) is 6.07 Å². The number of morpholine rings is 1. The van der Waals surface area contributed by atoms with Crippen LogP contribution in [0.15, 0.2) is 18.2 Å². The molecule has 0 atom stereocenters. The molecule has 1 aromatic rings. The minimum atomic E-state index is -0.493. The van der Waals surface area contributed by atoms with E-state index in [1.165, 1.54) is 0 Å². The lowest BCUT2D eigenvalue weighted by molar-refractivity contribution is 0.100. The van der Waals surface area contributed by atoms with Gasteiger partial charge in [-0.1, -0.05) is 0 Å². The number of nitrogen functional groups attached to an aromatic ring is 1. The van der Waals surface area contributed by atoms with Crippen LogP contribution in [0.4, 0.5) is 11.4 Å². The lowest BCUT2D eigenvalue weighted by Gasteiger charge is -2.29. The summed E-state index contributed by atoms with van der Waals surface area (Å²) in [4.78, 5) is 13.3. The number of hydrogen-bond donors (Lipinski definition) is 2. The van der Waals surface area contributed by atoms with Gasteiger partial charge in [-0.05, 0) is 18.2 Å². The molecule has 0 aliphatic carbocycles. The molecule has 0 bridgehead atoms. The molecule has 0 saturated carbocycles. The molecule has 5 nitrogen and oxygen atoms in total. The third-order valence-corrected chi connectivity index (χ3v) is 2.68. The zero-order chi connectivity index (χ0) is 11.5. The van der Waals surface area contributed by atoms with E-state index in [1.54, 1.807) is 12.1 Å². The quantitative estimate of drug-likeness (QED) is 0.699. The maximum Gasteiger partial charge on any atom is 0.250 e. The van der Waals surface area contributed by atoms with Crippen LogP contribution in [0.3, 0.4) is 0 Å². The molecule has 1 fully saturated rings. The van der Waals surface area contributed by atoms with E-state index in [9.17, 15) is 4.79 Å². The monoisotopic (exact) mass is 221 g/mol. The molecule has 0 radical (unpaired) electrons. The number of ether oxygens (including phenoxy) is 1. The standard InChI is InChI=1S/C11H15N3O2/c12-10-2-1-8(7-9(10)11(13)15)14-3-5-16-6-4-14/h1-2,7H,3-6,12H2,(H2,13,15). The van der Waals surface area contributed by atoms with Gasteiger partial charge < -0.3 is 21.1 Å². The summed E-state index contributed by atoms with van der Waals surface area (Å²) in [5.41, 5.74) is 12.7. The minimum absolute atomic E-state index is 0.379. The lowest BCUT2D eigenvalue weighted by atomic mass is 10.1. The Labute approximate surface area is 94.0 Å². The van der Waals surface area contributed by atoms with Crippen LogP contribution < -0.4 is 16.4 Å². The zero-order valence-electron chi connectivity index (χ0n) is 8.98. The second-order valence-electron chi connectivity index (χ2n) is 3.74. The summed E-state index contributed by atoms with van der Waals surface area (Å²) in [6.45, 7) is 3.05. The first-order valence-corrected chi connectivity index (χ1v) is 5.20. The fourth-order valence-electron chi connectivity index (χ4n) is 1.78. The molecule has 1 aromatic carbocycles. The molecule has 0 spiro atoms. The van der Waals surface area contributed by atoms with Crippen LogP contribution in [0.2, 0.25) is 0 Å². The van der Waals surface area contributed by atoms with Gasteiger partial charge in [0.15, 0.2) is 0 Å². The van der Waals surface area contributed by atoms with Crippen molar-refractivity contribution in [1.82, 2.24) is 0 Å². The Morgan fingerprint density at radius 2 is 2.00 bits per heavy atom. The van der Waals surface area contributed by atoms with Gasteiger partial charge in [-0.3, -0.25) is 4.79 Å². The van der Waals surface area contributed by atoms with Gasteiger partial charge in [0, 0.05) is 24.5 Å². The number of carbonyl (C=O) groups excluding carboxylic acids is 1. The summed E-state index contributed by atoms with van der Waals surface area (Å²) in [5, 5.41) is 0. The van der Waals surface area contributed by atoms with Crippen LogP contribution in [0.1, 0.15) is 10.4 Å². The number of anilines is 2. The largest absolute Gasteiger partial charge is 0.398 e. The molecule has 1 aliphatic rings. The molecule has 1 aliphatic heterocycles. The maximum absolute atomic E-state index is 11.2. The highest BCUT2D eigenvalue weighted by atomic mass is 16.5. The van der Waals surface area contributed by atoms with Gasteiger partial charge in [0.25, 0.3) is 5.91 Å². The molecular weight excluding hydrogens is 206 g/mol. The first kappa shape index (κ1) is 10.8. The molecular formula is C11H15N3O2. The number of nitrogens with zero attached hydrogens (tertiary/aromatic N) is 1. The maximum atomic E-state index is 11.2. The first-order valence-electron chi connectivity index (χ1n) is 5.20. The van der Waals surface area contributed by atoms with Gasteiger partial charge in [-0.25, -0.2) is 0 Å². The van der Waals surface area contributed by atoms with Crippen LogP contribution in [-0.4, -0.2) is 32.2 Å². The van der Waals surface area contributed by atoms with Gasteiger partial charge in [0.05, 0.1) is 18.8 Å². The minimum Gasteiger partial charge on any atom is -0.398 e. The van der Waals surface area contributed by atoms with E-state index in [0.717, 1.165) is 18.8 Å². The fraction of sp³-hybridized carbons (Fsp3) is 0.364. The first-order chi connectivity index (χ1) is 7.68. The van der Waals surface area contributed by atoms with Gasteiger partial charge in [0.2, 0.25) is 0 Å². The predicted octanol–water partition coefficient (Wildman–Crippen LogP) is 0.204. The third kappa shape index (κ3) is 2.09. The highest BCUT2D eigenvalue weighted by Crippen LogP contribution is 2.21. The molecule has 2 rings (SSSR count). The Balaban J connectivity index is 2.27. The van der Waals surface area contributed by atoms with Crippen molar-refractivity contribution in [2.75, 3.05) is 36.9 Å². The van der Waals surface area contributed by atoms with Crippen LogP contribution in [0, 0.1) is 0 Å². The van der Waals surface area contributed by atoms with E-state index in [2.05, 4.69) is 4.90 Å². The summed E-state index contributed by atoms with van der Waals surface area (Å²) in [6.07, 6.45) is 0. The normalized spacial score (nSPS) is 16.1. The summed E-state index contributed by atoms with van der Waals surface area (Å²) in [7, 11) is 0. The summed E-state index contributed by atoms with van der Waals surface area (Å²) in [6, 6.07) is 5.35. The molecule has 5 heteroatoms. The third-order valence-electron chi connectivity index (χ3n) is 2.68. The molecule has 86 valence electrons. The molecule has 4 N–H and O–H groups in total. The molecule has 1 amide bonds. The van der Waals surface area contributed by atoms with Gasteiger partial charge in [-0.15, -0.1) is 0 Å². The SMILES string of the molecule is NC(=O)c1cc(N2CCOCC2)ccc1N. The predicted molar refractivity (Wildman–Crippen MR) is 62.4 cm³/mol. The highest BCUT2D eigenvalue weighted by molar-refractivity contribution is 5.99. The molecule has 0 unspecified atom stereocenters. The zero-order valence-corrected chi connectivity index (χ0v) is 8.98. The molecule has 1 saturated heterocycles. The molecule has 1 heterocycles. The number of hydrogen-bond acceptors (Lipinski definition) is 4. The number of rotatable bonds is 2. The topological polar surface area (TPSA) is 81.6 Å². The number of nitrogens with two attached hydrogens (primary N) is 2. The second kappa shape index (κ2) is 4.40. The van der Waals surface area contributed by atoms with Crippen LogP contribution in [-0.2, 0) is 4.74 Å². The van der Waals surface area contributed by atoms with Crippen molar-refractivity contribution in [1.29, 1.82) is 0 Å². The van der Waals surface area contributed by atoms with Gasteiger partial charge in [0.1, 0.15) is 0 Å². The Hall–Kier alpha value is -1.75. The van der Waals surface area contributed by atoms with Crippen molar-refractivity contribution in [3.8, 4) is 0 Å². The smallest absolute Gasteiger partial charge is 0.250 e. The highest BCUT2D eigenvalue weighted by Gasteiger charge is 2.14. The van der Waals surface area contributed by atoms with Crippen LogP contribution in [0.5, 0.6) is 0 Å². The number of amides is 1. The lowest BCUT2D eigenvalue weighted by Crippen LogP contribution is -2.36. The van der Waals surface area contributed by atoms with E-state index in [4.69, 9.17) is 16.2 Å². The summed E-state index contributed by atoms with van der Waals surface area (Å²) in [5.74, 6) is -0.493. The van der Waals surface area contributed by atoms with E-state index < -0.39 is 5.91 Å². The van der Waals surface area contributed by atoms with E-state index in [-0.39, 0.29) is 0 Å². The Morgan fingerprint density at radius 1 is 1.31 bits per heavy atom. The van der Waals surface area contributed by atoms with Crippen molar-refractivity contribution in [2.24, 2.45) is 5.73 Å². The molecule has 16 heavy (non-hydrogen) atoms. The number of primary amides is 1. The fourth-order valence-corrected chi connectivity index (χ4v) is 1.78. The summed E-state index contributed by atoms with van der Waals surface area (Å²) >= 11 is 0. The van der Waals surface area contributed by atoms with Crippen molar-refractivity contribution in [3.05, 3.63) is 23.8 Å². The average Bonchev–Trinajstić information content (AvgIpc) is 2.30. The van der Waals surface area contributed by atoms with Gasteiger partial charge >= 0.3 is 0 Å². The van der Waals surface area contributed by atoms with Crippen molar-refractivity contribution >= 4 is 17.3 Å². The van der Waals surface area contributed by atoms with Crippen molar-refractivity contribution in [3.63, 3.8) is 0 Å². The van der Waals surface area contributed by atoms with Gasteiger partial charge in [-0.2, -0.15) is 0 Å². The second-order valence-corrected chi connectivity index (χ2v) is 3.74. The number of benzene rings is 1. The number of carbonyl (C=O) groups is 1. The molecule has 0 aromatic heterocycles. The summed E-state index contributed by atoms with van der Waals surface area (Å²) < 4.78 is 5.26.